The Morgan fingerprint density at radius 2 is 1.96 bits per heavy atom. The first-order valence-electron chi connectivity index (χ1n) is 8.82. The van der Waals surface area contributed by atoms with E-state index in [-0.39, 0.29) is 22.9 Å². The van der Waals surface area contributed by atoms with E-state index in [1.54, 1.807) is 0 Å². The predicted molar refractivity (Wildman–Crippen MR) is 91.2 cm³/mol. The summed E-state index contributed by atoms with van der Waals surface area (Å²) in [5.41, 5.74) is 1.09. The van der Waals surface area contributed by atoms with Crippen molar-refractivity contribution in [1.29, 1.82) is 0 Å². The van der Waals surface area contributed by atoms with E-state index in [9.17, 15) is 10.2 Å². The van der Waals surface area contributed by atoms with Crippen LogP contribution in [0.4, 0.5) is 0 Å². The summed E-state index contributed by atoms with van der Waals surface area (Å²) in [6.07, 6.45) is 18.8. The molecule has 4 aliphatic carbocycles. The molecule has 122 valence electrons. The zero-order chi connectivity index (χ0) is 16.4. The molecule has 0 unspecified atom stereocenters. The number of rotatable bonds is 0. The fraction of sp³-hybridized carbons (Fsp3) is 0.619. The van der Waals surface area contributed by atoms with E-state index in [1.807, 2.05) is 6.08 Å². The van der Waals surface area contributed by atoms with Crippen LogP contribution in [0.25, 0.3) is 0 Å². The molecule has 2 nitrogen and oxygen atoms in total. The van der Waals surface area contributed by atoms with Gasteiger partial charge in [-0.25, -0.2) is 0 Å². The van der Waals surface area contributed by atoms with Crippen LogP contribution < -0.4 is 0 Å². The van der Waals surface area contributed by atoms with Crippen molar-refractivity contribution in [3.05, 3.63) is 36.0 Å². The molecule has 0 aromatic carbocycles. The van der Waals surface area contributed by atoms with Gasteiger partial charge in [-0.15, -0.1) is 6.42 Å². The van der Waals surface area contributed by atoms with Crippen LogP contribution in [0.3, 0.4) is 0 Å². The van der Waals surface area contributed by atoms with Gasteiger partial charge in [-0.05, 0) is 37.0 Å². The van der Waals surface area contributed by atoms with Crippen LogP contribution in [0, 0.1) is 46.8 Å². The van der Waals surface area contributed by atoms with Crippen LogP contribution >= 0.6 is 0 Å². The molecule has 1 saturated carbocycles. The maximum absolute atomic E-state index is 10.5. The Morgan fingerprint density at radius 3 is 2.70 bits per heavy atom. The van der Waals surface area contributed by atoms with Crippen molar-refractivity contribution in [1.82, 2.24) is 0 Å². The summed E-state index contributed by atoms with van der Waals surface area (Å²) in [6, 6.07) is 0. The largest absolute Gasteiger partial charge is 0.392 e. The first-order chi connectivity index (χ1) is 10.9. The Labute approximate surface area is 139 Å². The molecule has 4 rings (SSSR count). The average molecular weight is 310 g/mol. The number of fused-ring (bicyclic) bond motifs is 5. The van der Waals surface area contributed by atoms with Gasteiger partial charge in [-0.1, -0.05) is 55.7 Å². The minimum atomic E-state index is -0.393. The molecule has 2 N–H and O–H groups in total. The average Bonchev–Trinajstić information content (AvgIpc) is 2.83. The Hall–Kier alpha value is -1.30. The summed E-state index contributed by atoms with van der Waals surface area (Å²) in [4.78, 5) is 0. The standard InChI is InChI=1S/C21H26O2/c1-4-13-11-14-12-15(22)7-9-20(14,2)17-8-10-21(3)16(19(13)17)5-6-18(21)23/h1,7-11,13,15-19,22-23H,5-6,12H2,2-3H3/t13-,15+,16+,17+,18+,19+,20+,21+/m1/s1. The van der Waals surface area contributed by atoms with Crippen LogP contribution in [0.2, 0.25) is 0 Å². The highest BCUT2D eigenvalue weighted by molar-refractivity contribution is 5.39. The number of aliphatic hydroxyl groups is 2. The summed E-state index contributed by atoms with van der Waals surface area (Å²) < 4.78 is 0. The number of hydrogen-bond acceptors (Lipinski definition) is 2. The fourth-order valence-corrected chi connectivity index (χ4v) is 5.80. The number of hydrogen-bond donors (Lipinski definition) is 2. The van der Waals surface area contributed by atoms with Gasteiger partial charge in [0.25, 0.3) is 0 Å². The zero-order valence-electron chi connectivity index (χ0n) is 13.9. The minimum Gasteiger partial charge on any atom is -0.392 e. The fourth-order valence-electron chi connectivity index (χ4n) is 5.80. The molecule has 0 amide bonds. The Morgan fingerprint density at radius 1 is 1.17 bits per heavy atom. The van der Waals surface area contributed by atoms with E-state index in [0.717, 1.165) is 12.8 Å². The van der Waals surface area contributed by atoms with Crippen molar-refractivity contribution in [2.75, 3.05) is 0 Å². The lowest BCUT2D eigenvalue weighted by atomic mass is 9.49. The lowest BCUT2D eigenvalue weighted by Crippen LogP contribution is -2.50. The lowest BCUT2D eigenvalue weighted by Gasteiger charge is -2.54. The Bertz CT molecular complexity index is 651. The van der Waals surface area contributed by atoms with Gasteiger partial charge in [0.15, 0.2) is 0 Å². The normalized spacial score (nSPS) is 53.8. The smallest absolute Gasteiger partial charge is 0.0758 e. The predicted octanol–water partition coefficient (Wildman–Crippen LogP) is 3.08. The van der Waals surface area contributed by atoms with Crippen molar-refractivity contribution in [3.63, 3.8) is 0 Å². The quantitative estimate of drug-likeness (QED) is 0.533. The number of terminal acetylenes is 1. The van der Waals surface area contributed by atoms with Crippen LogP contribution in [-0.4, -0.2) is 22.4 Å². The summed E-state index contributed by atoms with van der Waals surface area (Å²) in [7, 11) is 0. The maximum Gasteiger partial charge on any atom is 0.0758 e. The summed E-state index contributed by atoms with van der Waals surface area (Å²) in [6.45, 7) is 4.47. The van der Waals surface area contributed by atoms with Crippen molar-refractivity contribution < 1.29 is 10.2 Å². The first-order valence-corrected chi connectivity index (χ1v) is 8.82. The van der Waals surface area contributed by atoms with E-state index >= 15 is 0 Å². The SMILES string of the molecule is C#C[C@@H]1C=C2C[C@@H](O)C=C[C@]2(C)[C@H]2C=C[C@]3(C)[C@@H](O)CC[C@H]3[C@H]12. The molecular weight excluding hydrogens is 284 g/mol. The Kier molecular flexibility index (Phi) is 3.21. The van der Waals surface area contributed by atoms with Crippen LogP contribution in [0.5, 0.6) is 0 Å². The van der Waals surface area contributed by atoms with Gasteiger partial charge in [-0.3, -0.25) is 0 Å². The second-order valence-corrected chi connectivity index (χ2v) is 8.33. The van der Waals surface area contributed by atoms with Crippen LogP contribution in [0.1, 0.15) is 33.1 Å². The zero-order valence-corrected chi connectivity index (χ0v) is 13.9. The number of aliphatic hydroxyl groups excluding tert-OH is 2. The van der Waals surface area contributed by atoms with Crippen LogP contribution in [-0.2, 0) is 0 Å². The van der Waals surface area contributed by atoms with Gasteiger partial charge in [0.05, 0.1) is 12.2 Å². The highest BCUT2D eigenvalue weighted by Crippen LogP contribution is 2.62. The van der Waals surface area contributed by atoms with Gasteiger partial charge < -0.3 is 10.2 Å². The van der Waals surface area contributed by atoms with Crippen molar-refractivity contribution in [2.45, 2.75) is 45.3 Å². The van der Waals surface area contributed by atoms with Gasteiger partial charge in [0, 0.05) is 16.7 Å². The molecule has 1 fully saturated rings. The molecule has 0 bridgehead atoms. The molecule has 2 heteroatoms. The van der Waals surface area contributed by atoms with Crippen molar-refractivity contribution in [2.24, 2.45) is 34.5 Å². The van der Waals surface area contributed by atoms with Crippen LogP contribution in [0.15, 0.2) is 36.0 Å². The van der Waals surface area contributed by atoms with Gasteiger partial charge >= 0.3 is 0 Å². The molecular formula is C21H26O2. The lowest BCUT2D eigenvalue weighted by molar-refractivity contribution is 0.0139. The van der Waals surface area contributed by atoms with Crippen molar-refractivity contribution in [3.8, 4) is 12.3 Å². The monoisotopic (exact) mass is 310 g/mol. The first kappa shape index (κ1) is 15.2. The molecule has 0 heterocycles. The van der Waals surface area contributed by atoms with Crippen molar-refractivity contribution >= 4 is 0 Å². The van der Waals surface area contributed by atoms with Gasteiger partial charge in [-0.2, -0.15) is 0 Å². The summed E-state index contributed by atoms with van der Waals surface area (Å²) in [5.74, 6) is 4.28. The minimum absolute atomic E-state index is 0.0530. The molecule has 23 heavy (non-hydrogen) atoms. The molecule has 0 saturated heterocycles. The molecule has 8 atom stereocenters. The molecule has 4 aliphatic rings. The number of allylic oxidation sites excluding steroid dienone is 3. The highest BCUT2D eigenvalue weighted by Gasteiger charge is 2.57. The molecule has 0 aromatic heterocycles. The second-order valence-electron chi connectivity index (χ2n) is 8.33. The Balaban J connectivity index is 1.85. The third kappa shape index (κ3) is 1.90. The molecule has 0 radical (unpaired) electrons. The molecule has 0 aromatic rings. The van der Waals surface area contributed by atoms with Gasteiger partial charge in [0.2, 0.25) is 0 Å². The molecule has 0 spiro atoms. The second kappa shape index (κ2) is 4.85. The maximum atomic E-state index is 10.5. The van der Waals surface area contributed by atoms with E-state index in [1.165, 1.54) is 5.57 Å². The summed E-state index contributed by atoms with van der Waals surface area (Å²) in [5, 5.41) is 20.5. The van der Waals surface area contributed by atoms with E-state index in [0.29, 0.717) is 24.2 Å². The van der Waals surface area contributed by atoms with E-state index < -0.39 is 6.10 Å². The van der Waals surface area contributed by atoms with Gasteiger partial charge in [0.1, 0.15) is 0 Å². The third-order valence-corrected chi connectivity index (χ3v) is 7.28. The highest BCUT2D eigenvalue weighted by atomic mass is 16.3. The molecule has 0 aliphatic heterocycles. The van der Waals surface area contributed by atoms with E-state index in [2.05, 4.69) is 44.1 Å². The van der Waals surface area contributed by atoms with E-state index in [4.69, 9.17) is 6.42 Å². The topological polar surface area (TPSA) is 40.5 Å². The summed E-state index contributed by atoms with van der Waals surface area (Å²) >= 11 is 0. The third-order valence-electron chi connectivity index (χ3n) is 7.28.